The van der Waals surface area contributed by atoms with Gasteiger partial charge in [-0.05, 0) is 23.8 Å². The lowest BCUT2D eigenvalue weighted by atomic mass is 9.89. The van der Waals surface area contributed by atoms with Gasteiger partial charge in [0.2, 0.25) is 0 Å². The molecule has 1 nitrogen and oxygen atoms in total. The smallest absolute Gasteiger partial charge is 0.171 e. The molecule has 0 aromatic heterocycles. The monoisotopic (exact) mass is 232 g/mol. The molecule has 0 radical (unpaired) electrons. The van der Waals surface area contributed by atoms with E-state index in [2.05, 4.69) is 11.8 Å². The molecule has 0 saturated carbocycles. The van der Waals surface area contributed by atoms with Gasteiger partial charge in [0.05, 0.1) is 0 Å². The lowest BCUT2D eigenvalue weighted by Crippen LogP contribution is -2.11. The van der Waals surface area contributed by atoms with Crippen molar-refractivity contribution in [3.63, 3.8) is 0 Å². The summed E-state index contributed by atoms with van der Waals surface area (Å²) in [6, 6.07) is 15.5. The van der Waals surface area contributed by atoms with E-state index in [-0.39, 0.29) is 11.7 Å². The molecule has 2 bridgehead atoms. The van der Waals surface area contributed by atoms with E-state index in [4.69, 9.17) is 0 Å². The first-order valence-corrected chi connectivity index (χ1v) is 6.01. The molecule has 1 unspecified atom stereocenters. The van der Waals surface area contributed by atoms with Gasteiger partial charge in [-0.3, -0.25) is 4.79 Å². The standard InChI is InChI=1S/C17H12O/c1-12-14-9-6-13(7-10-14)8-11-15-4-2-3-5-16(15)17(12)18/h2-7,9-10,12H,1H3. The number of ketones is 1. The van der Waals surface area contributed by atoms with E-state index < -0.39 is 0 Å². The molecular formula is C17H12O. The number of hydrogen-bond donors (Lipinski definition) is 0. The number of hydrogen-bond acceptors (Lipinski definition) is 1. The maximum Gasteiger partial charge on any atom is 0.171 e. The molecule has 0 heterocycles. The summed E-state index contributed by atoms with van der Waals surface area (Å²) in [5.74, 6) is 6.19. The van der Waals surface area contributed by atoms with Gasteiger partial charge >= 0.3 is 0 Å². The highest BCUT2D eigenvalue weighted by atomic mass is 16.1. The normalized spacial score (nSPS) is 16.7. The molecule has 2 aliphatic carbocycles. The van der Waals surface area contributed by atoms with Gasteiger partial charge in [-0.1, -0.05) is 49.1 Å². The Balaban J connectivity index is 2.28. The van der Waals surface area contributed by atoms with Crippen LogP contribution in [-0.2, 0) is 0 Å². The van der Waals surface area contributed by atoms with Crippen molar-refractivity contribution >= 4 is 5.78 Å². The van der Waals surface area contributed by atoms with Gasteiger partial charge in [0.1, 0.15) is 0 Å². The van der Waals surface area contributed by atoms with Crippen LogP contribution in [0.1, 0.15) is 39.9 Å². The minimum absolute atomic E-state index is 0.125. The predicted octanol–water partition coefficient (Wildman–Crippen LogP) is 3.39. The van der Waals surface area contributed by atoms with Crippen LogP contribution in [0, 0.1) is 11.8 Å². The van der Waals surface area contributed by atoms with E-state index in [1.807, 2.05) is 55.5 Å². The van der Waals surface area contributed by atoms with E-state index in [0.29, 0.717) is 0 Å². The second-order valence-electron chi connectivity index (χ2n) is 4.50. The molecule has 1 heteroatoms. The van der Waals surface area contributed by atoms with Crippen LogP contribution in [0.3, 0.4) is 0 Å². The number of Topliss-reactive ketones (excluding diaryl/α,β-unsaturated/α-hetero) is 1. The van der Waals surface area contributed by atoms with Crippen molar-refractivity contribution in [3.8, 4) is 11.8 Å². The third kappa shape index (κ3) is 1.72. The van der Waals surface area contributed by atoms with Crippen molar-refractivity contribution < 1.29 is 4.79 Å². The van der Waals surface area contributed by atoms with E-state index in [0.717, 1.165) is 22.3 Å². The molecule has 0 fully saturated rings. The predicted molar refractivity (Wildman–Crippen MR) is 71.6 cm³/mol. The van der Waals surface area contributed by atoms with E-state index in [1.165, 1.54) is 0 Å². The summed E-state index contributed by atoms with van der Waals surface area (Å²) in [5.41, 5.74) is 3.56. The van der Waals surface area contributed by atoms with Gasteiger partial charge in [0.15, 0.2) is 5.78 Å². The van der Waals surface area contributed by atoms with Gasteiger partial charge in [-0.2, -0.15) is 0 Å². The summed E-state index contributed by atoms with van der Waals surface area (Å²) in [7, 11) is 0. The summed E-state index contributed by atoms with van der Waals surface area (Å²) < 4.78 is 0. The topological polar surface area (TPSA) is 17.1 Å². The number of rotatable bonds is 0. The highest BCUT2D eigenvalue weighted by Crippen LogP contribution is 2.23. The highest BCUT2D eigenvalue weighted by molar-refractivity contribution is 6.02. The molecule has 4 rings (SSSR count). The molecule has 2 aromatic rings. The van der Waals surface area contributed by atoms with Crippen molar-refractivity contribution in [2.75, 3.05) is 0 Å². The first-order valence-electron chi connectivity index (χ1n) is 6.01. The van der Waals surface area contributed by atoms with Crippen molar-refractivity contribution in [1.29, 1.82) is 0 Å². The van der Waals surface area contributed by atoms with Gasteiger partial charge in [0, 0.05) is 22.6 Å². The molecule has 0 amide bonds. The molecule has 18 heavy (non-hydrogen) atoms. The fraction of sp³-hybridized carbons (Fsp3) is 0.118. The molecular weight excluding hydrogens is 220 g/mol. The first-order chi connectivity index (χ1) is 8.75. The Morgan fingerprint density at radius 1 is 0.944 bits per heavy atom. The Morgan fingerprint density at radius 3 is 2.44 bits per heavy atom. The Labute approximate surface area is 106 Å². The fourth-order valence-electron chi connectivity index (χ4n) is 2.19. The second kappa shape index (κ2) is 4.16. The first kappa shape index (κ1) is 10.8. The molecule has 1 atom stereocenters. The van der Waals surface area contributed by atoms with Gasteiger partial charge < -0.3 is 0 Å². The Hall–Kier alpha value is -2.33. The average Bonchev–Trinajstić information content (AvgIpc) is 2.44. The zero-order valence-corrected chi connectivity index (χ0v) is 10.1. The minimum Gasteiger partial charge on any atom is -0.293 e. The largest absolute Gasteiger partial charge is 0.293 e. The van der Waals surface area contributed by atoms with Crippen molar-refractivity contribution in [3.05, 3.63) is 70.8 Å². The number of fused-ring (bicyclic) bond motifs is 3. The molecule has 2 aromatic carbocycles. The summed E-state index contributed by atoms with van der Waals surface area (Å²) in [5, 5.41) is 0. The van der Waals surface area contributed by atoms with E-state index in [9.17, 15) is 4.79 Å². The van der Waals surface area contributed by atoms with Crippen molar-refractivity contribution in [2.45, 2.75) is 12.8 Å². The van der Waals surface area contributed by atoms with Gasteiger partial charge in [-0.25, -0.2) is 0 Å². The molecule has 0 N–H and O–H groups in total. The van der Waals surface area contributed by atoms with Crippen LogP contribution in [0.2, 0.25) is 0 Å². The van der Waals surface area contributed by atoms with Crippen LogP contribution in [0.15, 0.2) is 48.5 Å². The summed E-state index contributed by atoms with van der Waals surface area (Å²) in [6.07, 6.45) is 0. The molecule has 0 saturated heterocycles. The lowest BCUT2D eigenvalue weighted by Gasteiger charge is -2.13. The molecule has 86 valence electrons. The van der Waals surface area contributed by atoms with E-state index >= 15 is 0 Å². The van der Waals surface area contributed by atoms with Crippen LogP contribution < -0.4 is 0 Å². The zero-order chi connectivity index (χ0) is 12.5. The van der Waals surface area contributed by atoms with Crippen molar-refractivity contribution in [2.24, 2.45) is 0 Å². The minimum atomic E-state index is -0.125. The second-order valence-corrected chi connectivity index (χ2v) is 4.50. The van der Waals surface area contributed by atoms with Crippen LogP contribution in [0.4, 0.5) is 0 Å². The number of benzene rings is 2. The quantitative estimate of drug-likeness (QED) is 0.636. The Bertz CT molecular complexity index is 669. The molecule has 2 aliphatic rings. The maximum atomic E-state index is 12.5. The highest BCUT2D eigenvalue weighted by Gasteiger charge is 2.19. The van der Waals surface area contributed by atoms with Crippen LogP contribution >= 0.6 is 0 Å². The Kier molecular flexibility index (Phi) is 2.50. The third-order valence-electron chi connectivity index (χ3n) is 3.34. The maximum absolute atomic E-state index is 12.5. The number of carbonyl (C=O) groups excluding carboxylic acids is 1. The Morgan fingerprint density at radius 2 is 1.67 bits per heavy atom. The zero-order valence-electron chi connectivity index (χ0n) is 10.1. The van der Waals surface area contributed by atoms with Crippen LogP contribution in [0.5, 0.6) is 0 Å². The van der Waals surface area contributed by atoms with Gasteiger partial charge in [0.25, 0.3) is 0 Å². The molecule has 0 aliphatic heterocycles. The van der Waals surface area contributed by atoms with Crippen LogP contribution in [-0.4, -0.2) is 5.78 Å². The summed E-state index contributed by atoms with van der Waals surface area (Å²) >= 11 is 0. The average molecular weight is 232 g/mol. The van der Waals surface area contributed by atoms with Crippen LogP contribution in [0.25, 0.3) is 0 Å². The fourth-order valence-corrected chi connectivity index (χ4v) is 2.19. The number of carbonyl (C=O) groups is 1. The summed E-state index contributed by atoms with van der Waals surface area (Å²) in [4.78, 5) is 12.5. The van der Waals surface area contributed by atoms with Gasteiger partial charge in [-0.15, -0.1) is 0 Å². The van der Waals surface area contributed by atoms with Crippen molar-refractivity contribution in [1.82, 2.24) is 0 Å². The summed E-state index contributed by atoms with van der Waals surface area (Å²) in [6.45, 7) is 1.95. The lowest BCUT2D eigenvalue weighted by molar-refractivity contribution is 0.0966. The SMILES string of the molecule is CC1C(=O)c2ccccc2C#Cc2ccc1cc2. The van der Waals surface area contributed by atoms with E-state index in [1.54, 1.807) is 0 Å². The third-order valence-corrected chi connectivity index (χ3v) is 3.34. The molecule has 0 spiro atoms.